The second-order valence-electron chi connectivity index (χ2n) is 4.47. The molecule has 1 aliphatic heterocycles. The molecule has 0 spiro atoms. The first-order valence-electron chi connectivity index (χ1n) is 6.46. The molecule has 0 saturated carbocycles. The lowest BCUT2D eigenvalue weighted by Gasteiger charge is -2.11. The van der Waals surface area contributed by atoms with E-state index in [1.54, 1.807) is 0 Å². The van der Waals surface area contributed by atoms with Gasteiger partial charge in [0.1, 0.15) is 0 Å². The van der Waals surface area contributed by atoms with E-state index < -0.39 is 0 Å². The van der Waals surface area contributed by atoms with Crippen molar-refractivity contribution in [1.82, 2.24) is 5.32 Å². The van der Waals surface area contributed by atoms with Gasteiger partial charge < -0.3 is 19.5 Å². The van der Waals surface area contributed by atoms with Crippen molar-refractivity contribution in [3.05, 3.63) is 23.8 Å². The molecule has 0 aromatic heterocycles. The number of nitrogens with one attached hydrogen (secondary N) is 1. The summed E-state index contributed by atoms with van der Waals surface area (Å²) in [6.07, 6.45) is 0. The molecular weight excluding hydrogens is 246 g/mol. The van der Waals surface area contributed by atoms with Crippen molar-refractivity contribution in [2.75, 3.05) is 19.9 Å². The minimum Gasteiger partial charge on any atom is -0.466 e. The normalized spacial score (nSPS) is 14.2. The SMILES string of the molecule is CCOC(=O)C(C)CNCc1ccc2c(c1)OCO2. The van der Waals surface area contributed by atoms with Gasteiger partial charge in [-0.05, 0) is 24.6 Å². The zero-order valence-corrected chi connectivity index (χ0v) is 11.3. The van der Waals surface area contributed by atoms with Crippen LogP contribution < -0.4 is 14.8 Å². The predicted octanol–water partition coefficient (Wildman–Crippen LogP) is 1.70. The van der Waals surface area contributed by atoms with Gasteiger partial charge in [-0.3, -0.25) is 4.79 Å². The Kier molecular flexibility index (Phi) is 4.63. The van der Waals surface area contributed by atoms with E-state index in [4.69, 9.17) is 14.2 Å². The fraction of sp³-hybridized carbons (Fsp3) is 0.500. The monoisotopic (exact) mass is 265 g/mol. The van der Waals surface area contributed by atoms with Gasteiger partial charge in [0.25, 0.3) is 0 Å². The summed E-state index contributed by atoms with van der Waals surface area (Å²) in [6, 6.07) is 5.83. The molecule has 1 unspecified atom stereocenters. The standard InChI is InChI=1S/C14H19NO4/c1-3-17-14(16)10(2)7-15-8-11-4-5-12-13(6-11)19-9-18-12/h4-6,10,15H,3,7-9H2,1-2H3. The summed E-state index contributed by atoms with van der Waals surface area (Å²) < 4.78 is 15.5. The largest absolute Gasteiger partial charge is 0.466 e. The third-order valence-electron chi connectivity index (χ3n) is 2.91. The van der Waals surface area contributed by atoms with Gasteiger partial charge in [0.05, 0.1) is 12.5 Å². The highest BCUT2D eigenvalue weighted by Gasteiger charge is 2.15. The fourth-order valence-electron chi connectivity index (χ4n) is 1.85. The Morgan fingerprint density at radius 1 is 1.42 bits per heavy atom. The van der Waals surface area contributed by atoms with Crippen molar-refractivity contribution in [2.24, 2.45) is 5.92 Å². The van der Waals surface area contributed by atoms with Crippen LogP contribution in [0.1, 0.15) is 19.4 Å². The summed E-state index contributed by atoms with van der Waals surface area (Å²) in [5.74, 6) is 1.25. The number of carbonyl (C=O) groups is 1. The van der Waals surface area contributed by atoms with Gasteiger partial charge in [0, 0.05) is 13.1 Å². The van der Waals surface area contributed by atoms with E-state index in [1.165, 1.54) is 0 Å². The zero-order chi connectivity index (χ0) is 13.7. The lowest BCUT2D eigenvalue weighted by Crippen LogP contribution is -2.27. The Morgan fingerprint density at radius 3 is 3.00 bits per heavy atom. The molecule has 1 aromatic rings. The zero-order valence-electron chi connectivity index (χ0n) is 11.3. The van der Waals surface area contributed by atoms with Crippen molar-refractivity contribution < 1.29 is 19.0 Å². The number of benzene rings is 1. The van der Waals surface area contributed by atoms with Gasteiger partial charge >= 0.3 is 5.97 Å². The van der Waals surface area contributed by atoms with Gasteiger partial charge in [-0.25, -0.2) is 0 Å². The number of hydrogen-bond donors (Lipinski definition) is 1. The first kappa shape index (κ1) is 13.7. The average Bonchev–Trinajstić information content (AvgIpc) is 2.86. The minimum absolute atomic E-state index is 0.144. The second kappa shape index (κ2) is 6.43. The number of rotatable bonds is 6. The van der Waals surface area contributed by atoms with E-state index in [9.17, 15) is 4.79 Å². The summed E-state index contributed by atoms with van der Waals surface area (Å²) in [5.41, 5.74) is 1.10. The van der Waals surface area contributed by atoms with Crippen LogP contribution in [0.3, 0.4) is 0 Å². The van der Waals surface area contributed by atoms with Gasteiger partial charge in [0.2, 0.25) is 6.79 Å². The second-order valence-corrected chi connectivity index (χ2v) is 4.47. The predicted molar refractivity (Wildman–Crippen MR) is 70.1 cm³/mol. The molecule has 104 valence electrons. The molecule has 5 heteroatoms. The third-order valence-corrected chi connectivity index (χ3v) is 2.91. The summed E-state index contributed by atoms with van der Waals surface area (Å²) in [4.78, 5) is 11.4. The molecule has 19 heavy (non-hydrogen) atoms. The topological polar surface area (TPSA) is 56.8 Å². The summed E-state index contributed by atoms with van der Waals surface area (Å²) in [5, 5.41) is 3.23. The molecule has 0 aliphatic carbocycles. The van der Waals surface area contributed by atoms with Crippen molar-refractivity contribution in [1.29, 1.82) is 0 Å². The maximum absolute atomic E-state index is 11.4. The lowest BCUT2D eigenvalue weighted by atomic mass is 10.1. The molecule has 0 amide bonds. The van der Waals surface area contributed by atoms with Crippen LogP contribution in [0.25, 0.3) is 0 Å². The quantitative estimate of drug-likeness (QED) is 0.793. The molecule has 0 saturated heterocycles. The Morgan fingerprint density at radius 2 is 2.21 bits per heavy atom. The third kappa shape index (κ3) is 3.61. The van der Waals surface area contributed by atoms with E-state index in [-0.39, 0.29) is 18.7 Å². The van der Waals surface area contributed by atoms with Crippen LogP contribution in [0.15, 0.2) is 18.2 Å². The van der Waals surface area contributed by atoms with Crippen LogP contribution >= 0.6 is 0 Å². The Labute approximate surface area is 112 Å². The molecule has 1 aromatic carbocycles. The van der Waals surface area contributed by atoms with Crippen molar-refractivity contribution >= 4 is 5.97 Å². The van der Waals surface area contributed by atoms with Crippen molar-refractivity contribution in [3.63, 3.8) is 0 Å². The molecule has 2 rings (SSSR count). The number of hydrogen-bond acceptors (Lipinski definition) is 5. The van der Waals surface area contributed by atoms with E-state index in [1.807, 2.05) is 32.0 Å². The van der Waals surface area contributed by atoms with Crippen molar-refractivity contribution in [3.8, 4) is 11.5 Å². The highest BCUT2D eigenvalue weighted by atomic mass is 16.7. The van der Waals surface area contributed by atoms with Crippen LogP contribution in [0.2, 0.25) is 0 Å². The Hall–Kier alpha value is -1.75. The molecule has 0 fully saturated rings. The lowest BCUT2D eigenvalue weighted by molar-refractivity contribution is -0.147. The van der Waals surface area contributed by atoms with Gasteiger partial charge in [0.15, 0.2) is 11.5 Å². The van der Waals surface area contributed by atoms with Crippen LogP contribution in [0, 0.1) is 5.92 Å². The highest BCUT2D eigenvalue weighted by Crippen LogP contribution is 2.32. The maximum atomic E-state index is 11.4. The Balaban J connectivity index is 1.78. The maximum Gasteiger partial charge on any atom is 0.309 e. The van der Waals surface area contributed by atoms with Crippen molar-refractivity contribution in [2.45, 2.75) is 20.4 Å². The molecule has 1 heterocycles. The van der Waals surface area contributed by atoms with E-state index in [2.05, 4.69) is 5.32 Å². The summed E-state index contributed by atoms with van der Waals surface area (Å²) >= 11 is 0. The van der Waals surface area contributed by atoms with Crippen LogP contribution in [0.5, 0.6) is 11.5 Å². The van der Waals surface area contributed by atoms with Gasteiger partial charge in [-0.15, -0.1) is 0 Å². The first-order valence-corrected chi connectivity index (χ1v) is 6.46. The molecule has 0 radical (unpaired) electrons. The molecular formula is C14H19NO4. The number of ether oxygens (including phenoxy) is 3. The molecule has 5 nitrogen and oxygen atoms in total. The van der Waals surface area contributed by atoms with E-state index >= 15 is 0 Å². The molecule has 1 atom stereocenters. The summed E-state index contributed by atoms with van der Waals surface area (Å²) in [7, 11) is 0. The number of carbonyl (C=O) groups excluding carboxylic acids is 1. The number of esters is 1. The molecule has 1 aliphatic rings. The van der Waals surface area contributed by atoms with Gasteiger partial charge in [-0.1, -0.05) is 13.0 Å². The number of fused-ring (bicyclic) bond motifs is 1. The summed E-state index contributed by atoms with van der Waals surface area (Å²) in [6.45, 7) is 5.64. The Bertz CT molecular complexity index is 447. The molecule has 1 N–H and O–H groups in total. The van der Waals surface area contributed by atoms with Crippen LogP contribution in [0.4, 0.5) is 0 Å². The van der Waals surface area contributed by atoms with E-state index in [0.29, 0.717) is 19.7 Å². The smallest absolute Gasteiger partial charge is 0.309 e. The minimum atomic E-state index is -0.166. The van der Waals surface area contributed by atoms with Crippen LogP contribution in [-0.4, -0.2) is 25.9 Å². The fourth-order valence-corrected chi connectivity index (χ4v) is 1.85. The highest BCUT2D eigenvalue weighted by molar-refractivity contribution is 5.72. The van der Waals surface area contributed by atoms with Gasteiger partial charge in [-0.2, -0.15) is 0 Å². The first-order chi connectivity index (χ1) is 9.20. The van der Waals surface area contributed by atoms with Crippen LogP contribution in [-0.2, 0) is 16.1 Å². The molecule has 0 bridgehead atoms. The average molecular weight is 265 g/mol. The van der Waals surface area contributed by atoms with E-state index in [0.717, 1.165) is 17.1 Å².